The number of nitrogens with one attached hydrogen (secondary N) is 1. The Kier molecular flexibility index (Phi) is 2.41. The van der Waals surface area contributed by atoms with Gasteiger partial charge in [0.25, 0.3) is 0 Å². The normalized spacial score (nSPS) is 11.7. The number of aromatic nitrogens is 2. The molecule has 1 aromatic carbocycles. The molecule has 1 aromatic heterocycles. The number of fused-ring (bicyclic) bond motifs is 1. The Balaban J connectivity index is 2.46. The van der Waals surface area contributed by atoms with Gasteiger partial charge in [0.15, 0.2) is 0 Å². The lowest BCUT2D eigenvalue weighted by Gasteiger charge is -2.06. The van der Waals surface area contributed by atoms with Gasteiger partial charge in [-0.1, -0.05) is 12.1 Å². The fourth-order valence-electron chi connectivity index (χ4n) is 1.26. The van der Waals surface area contributed by atoms with E-state index in [2.05, 4.69) is 9.82 Å². The Bertz CT molecular complexity index is 626. The Morgan fingerprint density at radius 1 is 1.29 bits per heavy atom. The summed E-state index contributed by atoms with van der Waals surface area (Å²) in [6, 6.07) is 5.88. The molecule has 0 aliphatic heterocycles. The molecule has 0 bridgehead atoms. The maximum absolute atomic E-state index is 12.0. The van der Waals surface area contributed by atoms with Crippen LogP contribution in [0.25, 0.3) is 11.0 Å². The van der Waals surface area contributed by atoms with Crippen molar-refractivity contribution in [1.82, 2.24) is 9.71 Å². The highest BCUT2D eigenvalue weighted by Gasteiger charge is 2.42. The summed E-state index contributed by atoms with van der Waals surface area (Å²) in [7, 11) is 0. The van der Waals surface area contributed by atoms with Gasteiger partial charge < -0.3 is 9.82 Å². The average molecular weight is 246 g/mol. The summed E-state index contributed by atoms with van der Waals surface area (Å²) in [5.41, 5.74) is -0.633. The number of halogens is 3. The molecular weight excluding hydrogens is 241 g/mol. The van der Waals surface area contributed by atoms with Crippen molar-refractivity contribution in [3.8, 4) is 0 Å². The molecule has 2 rings (SSSR count). The number of benzene rings is 1. The van der Waals surface area contributed by atoms with Crippen LogP contribution >= 0.6 is 0 Å². The summed E-state index contributed by atoms with van der Waals surface area (Å²) in [6.45, 7) is 0. The molecule has 1 N–H and O–H groups in total. The second kappa shape index (κ2) is 3.65. The molecule has 2 aromatic rings. The summed E-state index contributed by atoms with van der Waals surface area (Å²) >= 11 is 0. The monoisotopic (exact) mass is 246 g/mol. The van der Waals surface area contributed by atoms with E-state index in [4.69, 9.17) is 0 Å². The third-order valence-corrected chi connectivity index (χ3v) is 1.95. The predicted octanol–water partition coefficient (Wildman–Crippen LogP) is 0.847. The van der Waals surface area contributed by atoms with Gasteiger partial charge in [-0.3, -0.25) is 0 Å². The van der Waals surface area contributed by atoms with Crippen LogP contribution in [0.3, 0.4) is 0 Å². The Hall–Kier alpha value is -2.25. The first-order valence-electron chi connectivity index (χ1n) is 4.39. The zero-order valence-corrected chi connectivity index (χ0v) is 8.12. The van der Waals surface area contributed by atoms with Crippen LogP contribution in [0, 0.1) is 0 Å². The quantitative estimate of drug-likeness (QED) is 0.811. The number of rotatable bonds is 1. The summed E-state index contributed by atoms with van der Waals surface area (Å²) in [4.78, 5) is 28.1. The first kappa shape index (κ1) is 11.2. The Labute approximate surface area is 91.4 Å². The molecule has 0 amide bonds. The number of alkyl halides is 3. The molecule has 0 saturated heterocycles. The molecule has 0 fully saturated rings. The summed E-state index contributed by atoms with van der Waals surface area (Å²) < 4.78 is 36.2. The number of hydrogen-bond acceptors (Lipinski definition) is 3. The molecule has 0 unspecified atom stereocenters. The van der Waals surface area contributed by atoms with Crippen LogP contribution in [-0.2, 0) is 4.79 Å². The third kappa shape index (κ3) is 2.01. The van der Waals surface area contributed by atoms with Crippen LogP contribution < -0.4 is 10.5 Å². The van der Waals surface area contributed by atoms with Crippen LogP contribution in [0.1, 0.15) is 0 Å². The van der Waals surface area contributed by atoms with Crippen molar-refractivity contribution in [3.63, 3.8) is 0 Å². The first-order chi connectivity index (χ1) is 7.89. The van der Waals surface area contributed by atoms with Gasteiger partial charge in [-0.25, -0.2) is 9.59 Å². The van der Waals surface area contributed by atoms with Crippen molar-refractivity contribution < 1.29 is 22.8 Å². The van der Waals surface area contributed by atoms with E-state index < -0.39 is 17.8 Å². The molecule has 8 heteroatoms. The van der Waals surface area contributed by atoms with E-state index in [0.29, 0.717) is 0 Å². The van der Waals surface area contributed by atoms with Gasteiger partial charge in [0.1, 0.15) is 5.52 Å². The average Bonchev–Trinajstić information content (AvgIpc) is 2.54. The van der Waals surface area contributed by atoms with E-state index in [9.17, 15) is 22.8 Å². The summed E-state index contributed by atoms with van der Waals surface area (Å²) in [5.74, 6) is -2.45. The van der Waals surface area contributed by atoms with E-state index >= 15 is 0 Å². The molecule has 0 radical (unpaired) electrons. The zero-order chi connectivity index (χ0) is 12.6. The second-order valence-electron chi connectivity index (χ2n) is 3.12. The van der Waals surface area contributed by atoms with Crippen molar-refractivity contribution in [1.29, 1.82) is 0 Å². The molecule has 1 heterocycles. The van der Waals surface area contributed by atoms with Crippen LogP contribution in [0.15, 0.2) is 29.1 Å². The largest absolute Gasteiger partial charge is 0.493 e. The number of carbonyl (C=O) groups is 1. The molecule has 90 valence electrons. The molecule has 0 saturated carbocycles. The molecule has 0 aliphatic carbocycles. The van der Waals surface area contributed by atoms with Crippen molar-refractivity contribution in [2.75, 3.05) is 0 Å². The summed E-state index contributed by atoms with van der Waals surface area (Å²) in [6.07, 6.45) is -5.15. The second-order valence-corrected chi connectivity index (χ2v) is 3.12. The standard InChI is InChI=1S/C9H5F3N2O3/c10-9(11,12)7(15)17-14-6-4-2-1-3-5(6)13-8(14)16/h1-4H,(H,13,16). The third-order valence-electron chi connectivity index (χ3n) is 1.95. The highest BCUT2D eigenvalue weighted by atomic mass is 19.4. The molecule has 17 heavy (non-hydrogen) atoms. The van der Waals surface area contributed by atoms with Crippen LogP contribution in [0.5, 0.6) is 0 Å². The van der Waals surface area contributed by atoms with E-state index in [1.807, 2.05) is 0 Å². The van der Waals surface area contributed by atoms with Crippen molar-refractivity contribution in [2.24, 2.45) is 0 Å². The highest BCUT2D eigenvalue weighted by Crippen LogP contribution is 2.16. The number of carbonyl (C=O) groups excluding carboxylic acids is 1. The highest BCUT2D eigenvalue weighted by molar-refractivity contribution is 5.78. The maximum atomic E-state index is 12.0. The van der Waals surface area contributed by atoms with Crippen LogP contribution in [0.4, 0.5) is 13.2 Å². The zero-order valence-electron chi connectivity index (χ0n) is 8.12. The fourth-order valence-corrected chi connectivity index (χ4v) is 1.26. The number of H-pyrrole nitrogens is 1. The van der Waals surface area contributed by atoms with E-state index in [-0.39, 0.29) is 15.8 Å². The molecule has 5 nitrogen and oxygen atoms in total. The minimum atomic E-state index is -5.15. The lowest BCUT2D eigenvalue weighted by molar-refractivity contribution is -0.199. The fraction of sp³-hybridized carbons (Fsp3) is 0.111. The number of imidazole rings is 1. The Morgan fingerprint density at radius 2 is 1.94 bits per heavy atom. The van der Waals surface area contributed by atoms with Gasteiger partial charge >= 0.3 is 17.8 Å². The van der Waals surface area contributed by atoms with Gasteiger partial charge in [0.2, 0.25) is 0 Å². The number of para-hydroxylation sites is 2. The molecule has 0 aliphatic rings. The lowest BCUT2D eigenvalue weighted by Crippen LogP contribution is -2.37. The number of nitrogens with zero attached hydrogens (tertiary/aromatic N) is 1. The van der Waals surface area contributed by atoms with Crippen molar-refractivity contribution >= 4 is 17.0 Å². The molecule has 0 atom stereocenters. The van der Waals surface area contributed by atoms with Gasteiger partial charge in [0.05, 0.1) is 5.52 Å². The minimum absolute atomic E-state index is 0.0510. The minimum Gasteiger partial charge on any atom is -0.323 e. The van der Waals surface area contributed by atoms with E-state index in [1.165, 1.54) is 18.2 Å². The SMILES string of the molecule is O=C(On1c(=O)[nH]c2ccccc21)C(F)(F)F. The van der Waals surface area contributed by atoms with Gasteiger partial charge in [-0.2, -0.15) is 13.2 Å². The van der Waals surface area contributed by atoms with Crippen molar-refractivity contribution in [2.45, 2.75) is 6.18 Å². The molecular formula is C9H5F3N2O3. The van der Waals surface area contributed by atoms with Crippen LogP contribution in [0.2, 0.25) is 0 Å². The van der Waals surface area contributed by atoms with E-state index in [0.717, 1.165) is 0 Å². The Morgan fingerprint density at radius 3 is 2.59 bits per heavy atom. The van der Waals surface area contributed by atoms with Crippen molar-refractivity contribution in [3.05, 3.63) is 34.7 Å². The van der Waals surface area contributed by atoms with Gasteiger partial charge in [-0.05, 0) is 12.1 Å². The maximum Gasteiger partial charge on any atom is 0.493 e. The molecule has 0 spiro atoms. The van der Waals surface area contributed by atoms with Crippen LogP contribution in [-0.4, -0.2) is 21.9 Å². The first-order valence-corrected chi connectivity index (χ1v) is 4.39. The lowest BCUT2D eigenvalue weighted by atomic mass is 10.3. The van der Waals surface area contributed by atoms with E-state index in [1.54, 1.807) is 6.07 Å². The summed E-state index contributed by atoms with van der Waals surface area (Å²) in [5, 5.41) is 0. The number of hydrogen-bond donors (Lipinski definition) is 1. The topological polar surface area (TPSA) is 64.1 Å². The van der Waals surface area contributed by atoms with Gasteiger partial charge in [-0.15, -0.1) is 4.73 Å². The predicted molar refractivity (Wildman–Crippen MR) is 50.2 cm³/mol. The number of aromatic amines is 1. The smallest absolute Gasteiger partial charge is 0.323 e. The van der Waals surface area contributed by atoms with Gasteiger partial charge in [0, 0.05) is 0 Å².